The predicted octanol–water partition coefficient (Wildman–Crippen LogP) is 3.17. The summed E-state index contributed by atoms with van der Waals surface area (Å²) in [4.78, 5) is 39.5. The van der Waals surface area contributed by atoms with Gasteiger partial charge in [-0.2, -0.15) is 0 Å². The molecule has 2 aromatic carbocycles. The number of aryl methyl sites for hydroxylation is 1. The molecule has 0 saturated carbocycles. The number of hydrogen-bond acceptors (Lipinski definition) is 4. The van der Waals surface area contributed by atoms with Gasteiger partial charge in [0.1, 0.15) is 18.8 Å². The second kappa shape index (κ2) is 7.79. The Bertz CT molecular complexity index is 898. The van der Waals surface area contributed by atoms with Crippen LogP contribution in [0.15, 0.2) is 46.9 Å². The molecule has 4 amide bonds. The molecule has 27 heavy (non-hydrogen) atoms. The third kappa shape index (κ3) is 4.11. The number of amides is 4. The van der Waals surface area contributed by atoms with Gasteiger partial charge in [0.2, 0.25) is 5.91 Å². The van der Waals surface area contributed by atoms with E-state index in [0.717, 1.165) is 14.9 Å². The Hall–Kier alpha value is -2.87. The van der Waals surface area contributed by atoms with E-state index >= 15 is 0 Å². The van der Waals surface area contributed by atoms with Crippen LogP contribution in [0, 0.1) is 6.92 Å². The number of hydrogen-bond donors (Lipinski definition) is 1. The lowest BCUT2D eigenvalue weighted by atomic mass is 10.2. The summed E-state index contributed by atoms with van der Waals surface area (Å²) >= 11 is 3.33. The number of imide groups is 1. The fraction of sp³-hybridized carbons (Fsp3) is 0.211. The molecule has 3 rings (SSSR count). The minimum absolute atomic E-state index is 0.0957. The maximum Gasteiger partial charge on any atom is 0.332 e. The molecule has 7 nitrogen and oxygen atoms in total. The van der Waals surface area contributed by atoms with E-state index < -0.39 is 17.8 Å². The van der Waals surface area contributed by atoms with E-state index in [1.807, 2.05) is 13.0 Å². The molecule has 0 aromatic heterocycles. The Balaban J connectivity index is 1.71. The maximum atomic E-state index is 12.6. The molecule has 1 aliphatic rings. The van der Waals surface area contributed by atoms with Gasteiger partial charge in [-0.1, -0.05) is 22.0 Å². The first-order valence-corrected chi connectivity index (χ1v) is 9.00. The highest BCUT2D eigenvalue weighted by molar-refractivity contribution is 9.10. The fourth-order valence-corrected chi connectivity index (χ4v) is 3.04. The fourth-order valence-electron chi connectivity index (χ4n) is 2.77. The number of benzene rings is 2. The van der Waals surface area contributed by atoms with Gasteiger partial charge < -0.3 is 10.1 Å². The molecule has 2 aromatic rings. The second-order valence-corrected chi connectivity index (χ2v) is 6.99. The van der Waals surface area contributed by atoms with Gasteiger partial charge in [-0.25, -0.2) is 4.79 Å². The van der Waals surface area contributed by atoms with Gasteiger partial charge in [0.25, 0.3) is 5.91 Å². The molecule has 0 bridgehead atoms. The Morgan fingerprint density at radius 3 is 2.56 bits per heavy atom. The first-order chi connectivity index (χ1) is 12.9. The van der Waals surface area contributed by atoms with Gasteiger partial charge in [-0.05, 0) is 48.9 Å². The van der Waals surface area contributed by atoms with Crippen molar-refractivity contribution in [3.8, 4) is 5.75 Å². The molecule has 140 valence electrons. The summed E-state index contributed by atoms with van der Waals surface area (Å²) in [6, 6.07) is 11.9. The van der Waals surface area contributed by atoms with Crippen molar-refractivity contribution >= 4 is 45.2 Å². The number of methoxy groups -OCH3 is 1. The molecule has 1 N–H and O–H groups in total. The van der Waals surface area contributed by atoms with Crippen molar-refractivity contribution in [3.05, 3.63) is 52.5 Å². The van der Waals surface area contributed by atoms with Crippen molar-refractivity contribution in [2.75, 3.05) is 30.4 Å². The van der Waals surface area contributed by atoms with Crippen LogP contribution in [0.3, 0.4) is 0 Å². The van der Waals surface area contributed by atoms with Crippen LogP contribution in [-0.4, -0.2) is 42.9 Å². The molecule has 0 aliphatic carbocycles. The molecule has 1 aliphatic heterocycles. The van der Waals surface area contributed by atoms with E-state index in [-0.39, 0.29) is 13.1 Å². The standard InChI is InChI=1S/C19H18BrN3O4/c1-12-3-8-16(27-2)15(9-12)21-17(24)10-23-18(25)11-22(19(23)26)14-6-4-13(20)5-7-14/h3-9H,10-11H2,1-2H3,(H,21,24). The van der Waals surface area contributed by atoms with E-state index in [4.69, 9.17) is 4.74 Å². The summed E-state index contributed by atoms with van der Waals surface area (Å²) in [7, 11) is 1.50. The maximum absolute atomic E-state index is 12.6. The number of anilines is 2. The average Bonchev–Trinajstić information content (AvgIpc) is 2.91. The molecule has 0 radical (unpaired) electrons. The summed E-state index contributed by atoms with van der Waals surface area (Å²) in [5.74, 6) is -0.392. The summed E-state index contributed by atoms with van der Waals surface area (Å²) in [5.41, 5.74) is 2.03. The van der Waals surface area contributed by atoms with Crippen molar-refractivity contribution in [1.82, 2.24) is 4.90 Å². The number of urea groups is 1. The average molecular weight is 432 g/mol. The molecule has 0 spiro atoms. The number of carbonyl (C=O) groups is 3. The zero-order chi connectivity index (χ0) is 19.6. The molecular formula is C19H18BrN3O4. The van der Waals surface area contributed by atoms with Crippen molar-refractivity contribution < 1.29 is 19.1 Å². The lowest BCUT2D eigenvalue weighted by Gasteiger charge is -2.17. The zero-order valence-electron chi connectivity index (χ0n) is 14.9. The quantitative estimate of drug-likeness (QED) is 0.737. The van der Waals surface area contributed by atoms with E-state index in [9.17, 15) is 14.4 Å². The monoisotopic (exact) mass is 431 g/mol. The van der Waals surface area contributed by atoms with E-state index in [1.165, 1.54) is 12.0 Å². The lowest BCUT2D eigenvalue weighted by Crippen LogP contribution is -2.39. The molecule has 8 heteroatoms. The predicted molar refractivity (Wildman–Crippen MR) is 105 cm³/mol. The van der Waals surface area contributed by atoms with Crippen LogP contribution >= 0.6 is 15.9 Å². The number of halogens is 1. The van der Waals surface area contributed by atoms with E-state index in [2.05, 4.69) is 21.2 Å². The summed E-state index contributed by atoms with van der Waals surface area (Å²) in [5, 5.41) is 2.70. The van der Waals surface area contributed by atoms with Crippen LogP contribution in [0.2, 0.25) is 0 Å². The smallest absolute Gasteiger partial charge is 0.332 e. The van der Waals surface area contributed by atoms with Crippen LogP contribution in [0.1, 0.15) is 5.56 Å². The Kier molecular flexibility index (Phi) is 5.46. The number of nitrogens with zero attached hydrogens (tertiary/aromatic N) is 2. The van der Waals surface area contributed by atoms with Crippen molar-refractivity contribution in [2.24, 2.45) is 0 Å². The number of carbonyl (C=O) groups excluding carboxylic acids is 3. The largest absolute Gasteiger partial charge is 0.495 e. The molecule has 1 heterocycles. The minimum Gasteiger partial charge on any atom is -0.495 e. The minimum atomic E-state index is -0.520. The third-order valence-corrected chi connectivity index (χ3v) is 4.65. The van der Waals surface area contributed by atoms with Gasteiger partial charge in [0.05, 0.1) is 12.8 Å². The van der Waals surface area contributed by atoms with Gasteiger partial charge in [-0.3, -0.25) is 19.4 Å². The molecule has 0 atom stereocenters. The highest BCUT2D eigenvalue weighted by Crippen LogP contribution is 2.26. The van der Waals surface area contributed by atoms with Gasteiger partial charge in [0.15, 0.2) is 0 Å². The number of rotatable bonds is 5. The van der Waals surface area contributed by atoms with Crippen molar-refractivity contribution in [1.29, 1.82) is 0 Å². The molecule has 1 saturated heterocycles. The van der Waals surface area contributed by atoms with Gasteiger partial charge in [0, 0.05) is 10.2 Å². The number of ether oxygens (including phenoxy) is 1. The first-order valence-electron chi connectivity index (χ1n) is 8.21. The Morgan fingerprint density at radius 2 is 1.89 bits per heavy atom. The summed E-state index contributed by atoms with van der Waals surface area (Å²) in [6.07, 6.45) is 0. The highest BCUT2D eigenvalue weighted by atomic mass is 79.9. The normalized spacial score (nSPS) is 13.9. The molecular weight excluding hydrogens is 414 g/mol. The Morgan fingerprint density at radius 1 is 1.19 bits per heavy atom. The van der Waals surface area contributed by atoms with Crippen molar-refractivity contribution in [2.45, 2.75) is 6.92 Å². The zero-order valence-corrected chi connectivity index (χ0v) is 16.4. The van der Waals surface area contributed by atoms with Crippen molar-refractivity contribution in [3.63, 3.8) is 0 Å². The SMILES string of the molecule is COc1ccc(C)cc1NC(=O)CN1C(=O)CN(c2ccc(Br)cc2)C1=O. The second-order valence-electron chi connectivity index (χ2n) is 6.08. The van der Waals surface area contributed by atoms with Crippen LogP contribution in [0.5, 0.6) is 5.75 Å². The van der Waals surface area contributed by atoms with E-state index in [1.54, 1.807) is 36.4 Å². The van der Waals surface area contributed by atoms with Crippen LogP contribution in [0.4, 0.5) is 16.2 Å². The van der Waals surface area contributed by atoms with Crippen LogP contribution < -0.4 is 15.0 Å². The Labute approximate surface area is 165 Å². The van der Waals surface area contributed by atoms with Crippen LogP contribution in [0.25, 0.3) is 0 Å². The topological polar surface area (TPSA) is 79.0 Å². The van der Waals surface area contributed by atoms with Gasteiger partial charge >= 0.3 is 6.03 Å². The molecule has 0 unspecified atom stereocenters. The highest BCUT2D eigenvalue weighted by Gasteiger charge is 2.38. The third-order valence-electron chi connectivity index (χ3n) is 4.13. The first kappa shape index (κ1) is 18.9. The van der Waals surface area contributed by atoms with Gasteiger partial charge in [-0.15, -0.1) is 0 Å². The summed E-state index contributed by atoms with van der Waals surface area (Å²) < 4.78 is 6.09. The molecule has 1 fully saturated rings. The van der Waals surface area contributed by atoms with Crippen LogP contribution in [-0.2, 0) is 9.59 Å². The number of nitrogens with one attached hydrogen (secondary N) is 1. The lowest BCUT2D eigenvalue weighted by molar-refractivity contribution is -0.128. The summed E-state index contributed by atoms with van der Waals surface area (Å²) in [6.45, 7) is 1.43. The van der Waals surface area contributed by atoms with E-state index in [0.29, 0.717) is 17.1 Å².